The second-order valence-corrected chi connectivity index (χ2v) is 8.89. The molecule has 9 heteroatoms. The average molecular weight is 449 g/mol. The summed E-state index contributed by atoms with van der Waals surface area (Å²) in [6.07, 6.45) is 1.98. The first-order chi connectivity index (χ1) is 14.9. The Morgan fingerprint density at radius 1 is 1.10 bits per heavy atom. The topological polar surface area (TPSA) is 61.4 Å². The van der Waals surface area contributed by atoms with Crippen LogP contribution in [0.25, 0.3) is 0 Å². The van der Waals surface area contributed by atoms with Gasteiger partial charge in [0.15, 0.2) is 11.6 Å². The van der Waals surface area contributed by atoms with Gasteiger partial charge < -0.3 is 15.5 Å². The van der Waals surface area contributed by atoms with Gasteiger partial charge in [0, 0.05) is 24.5 Å². The van der Waals surface area contributed by atoms with Gasteiger partial charge in [-0.1, -0.05) is 18.2 Å². The first-order valence-electron chi connectivity index (χ1n) is 10.1. The molecule has 2 aromatic carbocycles. The van der Waals surface area contributed by atoms with Crippen LogP contribution in [0.2, 0.25) is 0 Å². The van der Waals surface area contributed by atoms with E-state index in [0.717, 1.165) is 25.0 Å². The minimum Gasteiger partial charge on any atom is -0.367 e. The third-order valence-corrected chi connectivity index (χ3v) is 6.77. The zero-order valence-corrected chi connectivity index (χ0v) is 17.5. The Morgan fingerprint density at radius 2 is 1.77 bits per heavy atom. The number of nitrogens with one attached hydrogen (secondary N) is 2. The van der Waals surface area contributed by atoms with Crippen molar-refractivity contribution in [3.8, 4) is 0 Å². The van der Waals surface area contributed by atoms with Gasteiger partial charge in [-0.05, 0) is 43.0 Å². The lowest BCUT2D eigenvalue weighted by Gasteiger charge is -2.28. The molecule has 31 heavy (non-hydrogen) atoms. The van der Waals surface area contributed by atoms with Gasteiger partial charge in [0.1, 0.15) is 17.5 Å². The lowest BCUT2D eigenvalue weighted by atomic mass is 10.1. The second-order valence-electron chi connectivity index (χ2n) is 7.65. The summed E-state index contributed by atoms with van der Waals surface area (Å²) in [5, 5.41) is 4.58. The number of benzene rings is 2. The Hall–Kier alpha value is -2.68. The number of nitrogens with zero attached hydrogens (tertiary/aromatic N) is 1. The zero-order valence-electron chi connectivity index (χ0n) is 16.7. The monoisotopic (exact) mass is 449 g/mol. The number of hydrogen-bond donors (Lipinski definition) is 2. The van der Waals surface area contributed by atoms with Crippen LogP contribution in [0.15, 0.2) is 36.4 Å². The fraction of sp³-hybridized carbons (Fsp3) is 0.364. The van der Waals surface area contributed by atoms with Gasteiger partial charge in [0.25, 0.3) is 0 Å². The maximum Gasteiger partial charge on any atom is 0.247 e. The average Bonchev–Trinajstić information content (AvgIpc) is 3.24. The third kappa shape index (κ3) is 4.81. The van der Waals surface area contributed by atoms with E-state index in [2.05, 4.69) is 10.6 Å². The van der Waals surface area contributed by atoms with Crippen molar-refractivity contribution in [3.05, 3.63) is 59.4 Å². The molecular weight excluding hydrogens is 427 g/mol. The molecule has 0 spiro atoms. The number of thioether (sulfide) groups is 1. The first kappa shape index (κ1) is 21.5. The van der Waals surface area contributed by atoms with Crippen LogP contribution in [0.4, 0.5) is 24.5 Å². The van der Waals surface area contributed by atoms with E-state index in [-0.39, 0.29) is 35.3 Å². The molecule has 2 aromatic rings. The fourth-order valence-corrected chi connectivity index (χ4v) is 5.04. The molecule has 2 fully saturated rings. The van der Waals surface area contributed by atoms with Gasteiger partial charge >= 0.3 is 0 Å². The molecule has 0 saturated carbocycles. The fourth-order valence-electron chi connectivity index (χ4n) is 3.86. The summed E-state index contributed by atoms with van der Waals surface area (Å²) in [7, 11) is 0. The summed E-state index contributed by atoms with van der Waals surface area (Å²) in [5.41, 5.74) is 0.353. The highest BCUT2D eigenvalue weighted by molar-refractivity contribution is 8.00. The highest BCUT2D eigenvalue weighted by Gasteiger charge is 2.33. The highest BCUT2D eigenvalue weighted by atomic mass is 32.2. The van der Waals surface area contributed by atoms with Crippen molar-refractivity contribution in [2.45, 2.75) is 30.6 Å². The summed E-state index contributed by atoms with van der Waals surface area (Å²) >= 11 is 1.25. The van der Waals surface area contributed by atoms with E-state index in [0.29, 0.717) is 18.7 Å². The van der Waals surface area contributed by atoms with Crippen molar-refractivity contribution in [1.29, 1.82) is 0 Å². The summed E-state index contributed by atoms with van der Waals surface area (Å²) in [5.74, 6) is -2.50. The number of anilines is 2. The van der Waals surface area contributed by atoms with Crippen LogP contribution in [-0.4, -0.2) is 41.9 Å². The third-order valence-electron chi connectivity index (χ3n) is 5.46. The van der Waals surface area contributed by atoms with Crippen molar-refractivity contribution in [2.75, 3.05) is 29.1 Å². The molecule has 0 aliphatic carbocycles. The second kappa shape index (κ2) is 9.21. The molecule has 0 bridgehead atoms. The summed E-state index contributed by atoms with van der Waals surface area (Å²) in [4.78, 5) is 26.6. The van der Waals surface area contributed by atoms with Gasteiger partial charge in [-0.25, -0.2) is 13.2 Å². The number of hydrogen-bond acceptors (Lipinski definition) is 4. The van der Waals surface area contributed by atoms with E-state index in [1.807, 2.05) is 0 Å². The summed E-state index contributed by atoms with van der Waals surface area (Å²) in [6, 6.07) is 7.57. The minimum atomic E-state index is -0.848. The molecule has 164 valence electrons. The lowest BCUT2D eigenvalue weighted by Crippen LogP contribution is -2.52. The van der Waals surface area contributed by atoms with Gasteiger partial charge in [0.2, 0.25) is 11.8 Å². The van der Waals surface area contributed by atoms with Crippen LogP contribution < -0.4 is 15.5 Å². The SMILES string of the molecule is O=C(Nc1cc(F)c(N2CCCC2)c(F)c1)C1CSC(Cc2ccccc2F)C(=O)N1. The Bertz CT molecular complexity index is 975. The van der Waals surface area contributed by atoms with Crippen LogP contribution in [0.1, 0.15) is 18.4 Å². The van der Waals surface area contributed by atoms with Gasteiger partial charge in [-0.3, -0.25) is 9.59 Å². The zero-order chi connectivity index (χ0) is 22.0. The van der Waals surface area contributed by atoms with Crippen LogP contribution >= 0.6 is 11.8 Å². The van der Waals surface area contributed by atoms with E-state index in [9.17, 15) is 22.8 Å². The predicted molar refractivity (Wildman–Crippen MR) is 115 cm³/mol. The van der Waals surface area contributed by atoms with Gasteiger partial charge in [-0.15, -0.1) is 11.8 Å². The molecule has 2 aliphatic heterocycles. The van der Waals surface area contributed by atoms with E-state index in [1.165, 1.54) is 17.8 Å². The maximum atomic E-state index is 14.5. The standard InChI is InChI=1S/C22H22F3N3O2S/c23-15-6-2-1-5-13(15)9-19-22(30)27-18(12-31-19)21(29)26-14-10-16(24)20(17(25)11-14)28-7-3-4-8-28/h1-2,5-6,10-11,18-19H,3-4,7-9,12H2,(H,26,29)(H,27,30). The van der Waals surface area contributed by atoms with Gasteiger partial charge in [0.05, 0.1) is 5.25 Å². The van der Waals surface area contributed by atoms with Crippen LogP contribution in [0.3, 0.4) is 0 Å². The molecule has 4 rings (SSSR count). The minimum absolute atomic E-state index is 0.00400. The summed E-state index contributed by atoms with van der Waals surface area (Å²) in [6.45, 7) is 1.19. The molecule has 2 heterocycles. The molecule has 2 unspecified atom stereocenters. The Morgan fingerprint density at radius 3 is 2.42 bits per heavy atom. The smallest absolute Gasteiger partial charge is 0.247 e. The van der Waals surface area contributed by atoms with Gasteiger partial charge in [-0.2, -0.15) is 0 Å². The number of amides is 2. The van der Waals surface area contributed by atoms with Crippen molar-refractivity contribution in [1.82, 2.24) is 5.32 Å². The van der Waals surface area contributed by atoms with Crippen LogP contribution in [0.5, 0.6) is 0 Å². The Kier molecular flexibility index (Phi) is 6.41. The number of carbonyl (C=O) groups is 2. The maximum absolute atomic E-state index is 14.5. The quantitative estimate of drug-likeness (QED) is 0.734. The van der Waals surface area contributed by atoms with Crippen LogP contribution in [0, 0.1) is 17.5 Å². The molecular formula is C22H22F3N3O2S. The largest absolute Gasteiger partial charge is 0.367 e. The number of rotatable bonds is 5. The summed E-state index contributed by atoms with van der Waals surface area (Å²) < 4.78 is 42.8. The number of carbonyl (C=O) groups excluding carboxylic acids is 2. The van der Waals surface area contributed by atoms with E-state index < -0.39 is 28.8 Å². The van der Waals surface area contributed by atoms with E-state index in [1.54, 1.807) is 23.1 Å². The lowest BCUT2D eigenvalue weighted by molar-refractivity contribution is -0.126. The van der Waals surface area contributed by atoms with Crippen molar-refractivity contribution >= 4 is 35.0 Å². The molecule has 2 aliphatic rings. The molecule has 5 nitrogen and oxygen atoms in total. The highest BCUT2D eigenvalue weighted by Crippen LogP contribution is 2.30. The Balaban J connectivity index is 1.37. The molecule has 0 radical (unpaired) electrons. The molecule has 2 saturated heterocycles. The molecule has 2 atom stereocenters. The van der Waals surface area contributed by atoms with Crippen LogP contribution in [-0.2, 0) is 16.0 Å². The van der Waals surface area contributed by atoms with Crippen molar-refractivity contribution in [2.24, 2.45) is 0 Å². The first-order valence-corrected chi connectivity index (χ1v) is 11.2. The molecule has 2 amide bonds. The Labute approximate surface area is 182 Å². The van der Waals surface area contributed by atoms with E-state index in [4.69, 9.17) is 0 Å². The predicted octanol–water partition coefficient (Wildman–Crippen LogP) is 3.49. The van der Waals surface area contributed by atoms with Crippen molar-refractivity contribution in [3.63, 3.8) is 0 Å². The number of halogens is 3. The molecule has 2 N–H and O–H groups in total. The van der Waals surface area contributed by atoms with E-state index >= 15 is 0 Å². The normalized spacial score (nSPS) is 21.1. The van der Waals surface area contributed by atoms with Crippen molar-refractivity contribution < 1.29 is 22.8 Å². The molecule has 0 aromatic heterocycles.